The molecule has 3 aromatic rings. The number of aryl methyl sites for hydroxylation is 1. The lowest BCUT2D eigenvalue weighted by Gasteiger charge is -2.45. The van der Waals surface area contributed by atoms with E-state index in [0.29, 0.717) is 13.1 Å². The van der Waals surface area contributed by atoms with Gasteiger partial charge in [0.25, 0.3) is 5.91 Å². The second kappa shape index (κ2) is 16.3. The number of nitrogens with zero attached hydrogens (tertiary/aromatic N) is 1. The van der Waals surface area contributed by atoms with E-state index < -0.39 is 0 Å². The van der Waals surface area contributed by atoms with Gasteiger partial charge in [-0.1, -0.05) is 126 Å². The number of carbonyl (C=O) groups is 1. The van der Waals surface area contributed by atoms with E-state index in [4.69, 9.17) is 5.73 Å². The Morgan fingerprint density at radius 3 is 1.79 bits per heavy atom. The summed E-state index contributed by atoms with van der Waals surface area (Å²) in [6, 6.07) is 27.6. The molecule has 3 rings (SSSR count). The molecule has 0 saturated carbocycles. The fraction of sp³-hybridized carbons (Fsp3) is 0.472. The highest BCUT2D eigenvalue weighted by atomic mass is 16.2. The molecule has 1 amide bonds. The first-order valence-electron chi connectivity index (χ1n) is 15.3. The van der Waals surface area contributed by atoms with Gasteiger partial charge in [-0.25, -0.2) is 0 Å². The summed E-state index contributed by atoms with van der Waals surface area (Å²) in [6.45, 7) is 7.88. The van der Waals surface area contributed by atoms with Crippen LogP contribution in [0.2, 0.25) is 0 Å². The van der Waals surface area contributed by atoms with Crippen molar-refractivity contribution in [3.05, 3.63) is 95.6 Å². The lowest BCUT2D eigenvalue weighted by Crippen LogP contribution is -2.52. The molecule has 39 heavy (non-hydrogen) atoms. The van der Waals surface area contributed by atoms with Crippen LogP contribution in [0.5, 0.6) is 0 Å². The van der Waals surface area contributed by atoms with Gasteiger partial charge in [-0.05, 0) is 73.0 Å². The van der Waals surface area contributed by atoms with Crippen LogP contribution >= 0.6 is 0 Å². The second-order valence-electron chi connectivity index (χ2n) is 11.1. The molecule has 0 heterocycles. The van der Waals surface area contributed by atoms with Gasteiger partial charge in [-0.2, -0.15) is 0 Å². The van der Waals surface area contributed by atoms with Crippen molar-refractivity contribution in [1.82, 2.24) is 4.90 Å². The van der Waals surface area contributed by atoms with Crippen molar-refractivity contribution >= 4 is 5.91 Å². The number of amides is 1. The molecule has 3 nitrogen and oxygen atoms in total. The monoisotopic (exact) mass is 526 g/mol. The molecule has 0 bridgehead atoms. The van der Waals surface area contributed by atoms with E-state index >= 15 is 0 Å². The molecule has 0 spiro atoms. The lowest BCUT2D eigenvalue weighted by molar-refractivity contribution is 0.0329. The van der Waals surface area contributed by atoms with Crippen molar-refractivity contribution in [3.8, 4) is 11.1 Å². The van der Waals surface area contributed by atoms with Crippen LogP contribution in [0.1, 0.15) is 106 Å². The largest absolute Gasteiger partial charge is 0.330 e. The topological polar surface area (TPSA) is 46.3 Å². The van der Waals surface area contributed by atoms with E-state index in [2.05, 4.69) is 86.3 Å². The molecule has 0 fully saturated rings. The molecule has 0 aliphatic rings. The summed E-state index contributed by atoms with van der Waals surface area (Å²) in [5.74, 6) is 0.128. The van der Waals surface area contributed by atoms with Gasteiger partial charge in [0.1, 0.15) is 0 Å². The summed E-state index contributed by atoms with van der Waals surface area (Å²) in [7, 11) is 0. The maximum absolute atomic E-state index is 14.3. The van der Waals surface area contributed by atoms with E-state index in [1.165, 1.54) is 36.0 Å². The molecule has 0 aliphatic carbocycles. The Bertz CT molecular complexity index is 1080. The average Bonchev–Trinajstić information content (AvgIpc) is 2.98. The number of nitrogens with two attached hydrogens (primary N) is 1. The van der Waals surface area contributed by atoms with Gasteiger partial charge in [-0.15, -0.1) is 0 Å². The van der Waals surface area contributed by atoms with E-state index in [9.17, 15) is 4.79 Å². The van der Waals surface area contributed by atoms with Gasteiger partial charge in [-0.3, -0.25) is 4.79 Å². The highest BCUT2D eigenvalue weighted by Gasteiger charge is 2.38. The maximum Gasteiger partial charge on any atom is 0.254 e. The Kier molecular flexibility index (Phi) is 12.8. The number of rotatable bonds is 17. The Morgan fingerprint density at radius 1 is 0.667 bits per heavy atom. The summed E-state index contributed by atoms with van der Waals surface area (Å²) in [4.78, 5) is 16.5. The summed E-state index contributed by atoms with van der Waals surface area (Å²) in [5.41, 5.74) is 11.7. The predicted molar refractivity (Wildman–Crippen MR) is 167 cm³/mol. The SMILES string of the molecule is CCCCCc1ccc(C(=O)N(Cc2ccc(-c3ccccc3)cc2)C(CCN)(CCCC)CCCC)cc1. The van der Waals surface area contributed by atoms with Crippen LogP contribution in [0.25, 0.3) is 11.1 Å². The summed E-state index contributed by atoms with van der Waals surface area (Å²) in [6.07, 6.45) is 11.9. The zero-order chi connectivity index (χ0) is 27.9. The molecule has 0 unspecified atom stereocenters. The van der Waals surface area contributed by atoms with Crippen LogP contribution < -0.4 is 5.73 Å². The molecule has 0 aromatic heterocycles. The zero-order valence-electron chi connectivity index (χ0n) is 24.6. The highest BCUT2D eigenvalue weighted by molar-refractivity contribution is 5.94. The third kappa shape index (κ3) is 8.80. The van der Waals surface area contributed by atoms with Gasteiger partial charge in [0.2, 0.25) is 0 Å². The summed E-state index contributed by atoms with van der Waals surface area (Å²) in [5, 5.41) is 0. The number of hydrogen-bond donors (Lipinski definition) is 1. The fourth-order valence-electron chi connectivity index (χ4n) is 5.68. The van der Waals surface area contributed by atoms with Crippen molar-refractivity contribution in [1.29, 1.82) is 0 Å². The smallest absolute Gasteiger partial charge is 0.254 e. The van der Waals surface area contributed by atoms with Gasteiger partial charge in [0.15, 0.2) is 0 Å². The fourth-order valence-corrected chi connectivity index (χ4v) is 5.68. The molecular weight excluding hydrogens is 476 g/mol. The molecule has 0 radical (unpaired) electrons. The first-order chi connectivity index (χ1) is 19.1. The number of carbonyl (C=O) groups excluding carboxylic acids is 1. The highest BCUT2D eigenvalue weighted by Crippen LogP contribution is 2.35. The zero-order valence-corrected chi connectivity index (χ0v) is 24.6. The standard InChI is InChI=1S/C36H50N2O/c1-4-7-11-14-30-17-23-34(24-18-30)35(39)38(36(27-28-37,25-8-5-2)26-9-6-3)29-31-19-21-33(22-20-31)32-15-12-10-13-16-32/h10,12-13,15-24H,4-9,11,14,25-29,37H2,1-3H3. The van der Waals surface area contributed by atoms with Crippen molar-refractivity contribution in [2.45, 2.75) is 103 Å². The van der Waals surface area contributed by atoms with Gasteiger partial charge < -0.3 is 10.6 Å². The van der Waals surface area contributed by atoms with E-state index in [1.54, 1.807) is 0 Å². The molecule has 0 atom stereocenters. The normalized spacial score (nSPS) is 11.5. The Morgan fingerprint density at radius 2 is 1.23 bits per heavy atom. The molecule has 2 N–H and O–H groups in total. The minimum atomic E-state index is -0.240. The predicted octanol–water partition coefficient (Wildman–Crippen LogP) is 9.20. The van der Waals surface area contributed by atoms with Crippen LogP contribution in [0.15, 0.2) is 78.9 Å². The van der Waals surface area contributed by atoms with Crippen LogP contribution in [0, 0.1) is 0 Å². The third-order valence-electron chi connectivity index (χ3n) is 8.09. The maximum atomic E-state index is 14.3. The summed E-state index contributed by atoms with van der Waals surface area (Å²) >= 11 is 0. The van der Waals surface area contributed by atoms with Crippen molar-refractivity contribution < 1.29 is 4.79 Å². The van der Waals surface area contributed by atoms with Crippen LogP contribution in [0.3, 0.4) is 0 Å². The van der Waals surface area contributed by atoms with Crippen LogP contribution in [0.4, 0.5) is 0 Å². The lowest BCUT2D eigenvalue weighted by atomic mass is 9.81. The molecule has 210 valence electrons. The molecular formula is C36H50N2O. The molecule has 0 saturated heterocycles. The van der Waals surface area contributed by atoms with Gasteiger partial charge in [0, 0.05) is 17.6 Å². The van der Waals surface area contributed by atoms with Crippen LogP contribution in [-0.4, -0.2) is 22.9 Å². The third-order valence-corrected chi connectivity index (χ3v) is 8.09. The molecule has 3 heteroatoms. The molecule has 3 aromatic carbocycles. The average molecular weight is 527 g/mol. The van der Waals surface area contributed by atoms with Gasteiger partial charge in [0.05, 0.1) is 0 Å². The minimum absolute atomic E-state index is 0.128. The van der Waals surface area contributed by atoms with Crippen molar-refractivity contribution in [2.24, 2.45) is 5.73 Å². The first-order valence-corrected chi connectivity index (χ1v) is 15.3. The first kappa shape index (κ1) is 30.6. The number of benzene rings is 3. The Hall–Kier alpha value is -2.91. The second-order valence-corrected chi connectivity index (χ2v) is 11.1. The van der Waals surface area contributed by atoms with E-state index in [-0.39, 0.29) is 11.4 Å². The number of unbranched alkanes of at least 4 members (excludes halogenated alkanes) is 4. The summed E-state index contributed by atoms with van der Waals surface area (Å²) < 4.78 is 0. The molecule has 0 aliphatic heterocycles. The van der Waals surface area contributed by atoms with E-state index in [1.807, 2.05) is 18.2 Å². The number of hydrogen-bond acceptors (Lipinski definition) is 2. The Labute approximate surface area is 237 Å². The minimum Gasteiger partial charge on any atom is -0.330 e. The van der Waals surface area contributed by atoms with Crippen molar-refractivity contribution in [3.63, 3.8) is 0 Å². The van der Waals surface area contributed by atoms with E-state index in [0.717, 1.165) is 62.5 Å². The van der Waals surface area contributed by atoms with Gasteiger partial charge >= 0.3 is 0 Å². The van der Waals surface area contributed by atoms with Crippen molar-refractivity contribution in [2.75, 3.05) is 6.54 Å². The Balaban J connectivity index is 1.95. The van der Waals surface area contributed by atoms with Crippen LogP contribution in [-0.2, 0) is 13.0 Å². The quantitative estimate of drug-likeness (QED) is 0.178.